The third-order valence-corrected chi connectivity index (χ3v) is 10.3. The fourth-order valence-corrected chi connectivity index (χ4v) is 7.09. The summed E-state index contributed by atoms with van der Waals surface area (Å²) in [6, 6.07) is 9.28. The van der Waals surface area contributed by atoms with Gasteiger partial charge in [-0.3, -0.25) is 9.80 Å². The molecule has 0 bridgehead atoms. The maximum Gasteiger partial charge on any atom is 0.392 e. The van der Waals surface area contributed by atoms with E-state index in [4.69, 9.17) is 5.73 Å². The van der Waals surface area contributed by atoms with E-state index in [-0.39, 0.29) is 17.9 Å². The molecule has 48 heavy (non-hydrogen) atoms. The van der Waals surface area contributed by atoms with Gasteiger partial charge >= 0.3 is 6.18 Å². The van der Waals surface area contributed by atoms with E-state index in [1.54, 1.807) is 13.0 Å². The molecule has 2 fully saturated rings. The molecule has 2 aliphatic heterocycles. The Bertz CT molecular complexity index is 1640. The lowest BCUT2D eigenvalue weighted by atomic mass is 9.93. The summed E-state index contributed by atoms with van der Waals surface area (Å²) >= 11 is 0. The summed E-state index contributed by atoms with van der Waals surface area (Å²) in [6.07, 6.45) is -1.34. The number of piperazine rings is 1. The van der Waals surface area contributed by atoms with Gasteiger partial charge in [-0.25, -0.2) is 4.98 Å². The molecule has 260 valence electrons. The molecule has 5 rings (SSSR count). The first-order valence-electron chi connectivity index (χ1n) is 17.2. The van der Waals surface area contributed by atoms with Gasteiger partial charge in [-0.1, -0.05) is 25.5 Å². The molecule has 4 N–H and O–H groups in total. The second-order valence-electron chi connectivity index (χ2n) is 13.6. The van der Waals surface area contributed by atoms with E-state index < -0.39 is 12.6 Å². The third kappa shape index (κ3) is 8.49. The number of hydrogen-bond donors (Lipinski definition) is 3. The number of allylic oxidation sites excluding steroid dienone is 1. The Balaban J connectivity index is 1.27. The van der Waals surface area contributed by atoms with Crippen LogP contribution in [0.3, 0.4) is 0 Å². The number of benzene rings is 1. The summed E-state index contributed by atoms with van der Waals surface area (Å²) in [5, 5.41) is 18.0. The van der Waals surface area contributed by atoms with Gasteiger partial charge in [0.2, 0.25) is 5.95 Å². The van der Waals surface area contributed by atoms with Crippen LogP contribution in [0, 0.1) is 31.1 Å². The number of alkyl halides is 3. The van der Waals surface area contributed by atoms with E-state index in [1.807, 2.05) is 19.9 Å². The van der Waals surface area contributed by atoms with Crippen LogP contribution in [0.15, 0.2) is 23.8 Å². The van der Waals surface area contributed by atoms with Crippen molar-refractivity contribution in [2.75, 3.05) is 50.3 Å². The number of likely N-dealkylation sites (tertiary alicyclic amines) is 1. The minimum atomic E-state index is -4.30. The van der Waals surface area contributed by atoms with Crippen molar-refractivity contribution in [3.8, 4) is 6.07 Å². The Hall–Kier alpha value is -3.66. The van der Waals surface area contributed by atoms with Crippen LogP contribution in [0.2, 0.25) is 0 Å². The monoisotopic (exact) mass is 665 g/mol. The van der Waals surface area contributed by atoms with E-state index in [0.717, 1.165) is 76.1 Å². The summed E-state index contributed by atoms with van der Waals surface area (Å²) in [4.78, 5) is 13.6. The number of rotatable bonds is 11. The lowest BCUT2D eigenvalue weighted by Crippen LogP contribution is -2.48. The Morgan fingerprint density at radius 1 is 1.15 bits per heavy atom. The van der Waals surface area contributed by atoms with Crippen molar-refractivity contribution < 1.29 is 13.2 Å². The molecule has 0 radical (unpaired) electrons. The molecule has 2 atom stereocenters. The van der Waals surface area contributed by atoms with Gasteiger partial charge in [0.25, 0.3) is 0 Å². The Kier molecular flexibility index (Phi) is 11.3. The highest BCUT2D eigenvalue weighted by Crippen LogP contribution is 2.34. The Labute approximate surface area is 282 Å². The van der Waals surface area contributed by atoms with E-state index in [9.17, 15) is 18.4 Å². The normalized spacial score (nSPS) is 18.6. The van der Waals surface area contributed by atoms with Crippen molar-refractivity contribution in [3.63, 3.8) is 0 Å². The average molecular weight is 666 g/mol. The van der Waals surface area contributed by atoms with Crippen molar-refractivity contribution in [3.05, 3.63) is 51.9 Å². The minimum Gasteiger partial charge on any atom is -0.368 e. The molecule has 9 nitrogen and oxygen atoms in total. The molecule has 4 heterocycles. The molecule has 1 unspecified atom stereocenters. The summed E-state index contributed by atoms with van der Waals surface area (Å²) in [5.74, 6) is 0.364. The van der Waals surface area contributed by atoms with Crippen molar-refractivity contribution in [1.29, 1.82) is 5.26 Å². The summed E-state index contributed by atoms with van der Waals surface area (Å²) < 4.78 is 42.5. The van der Waals surface area contributed by atoms with Crippen LogP contribution in [-0.4, -0.2) is 81.9 Å². The van der Waals surface area contributed by atoms with Gasteiger partial charge in [0.1, 0.15) is 17.6 Å². The van der Waals surface area contributed by atoms with Crippen LogP contribution in [0.4, 0.5) is 24.9 Å². The molecule has 2 aromatic heterocycles. The number of aryl methyl sites for hydroxylation is 2. The molecule has 12 heteroatoms. The first kappa shape index (κ1) is 35.6. The molecule has 0 aliphatic carbocycles. The highest BCUT2D eigenvalue weighted by atomic mass is 19.4. The molecular formula is C36H50F3N9. The number of hydrogen-bond acceptors (Lipinski definition) is 8. The largest absolute Gasteiger partial charge is 0.392 e. The average Bonchev–Trinajstić information content (AvgIpc) is 3.41. The first-order chi connectivity index (χ1) is 22.9. The van der Waals surface area contributed by atoms with Gasteiger partial charge in [0.05, 0.1) is 12.1 Å². The lowest BCUT2D eigenvalue weighted by molar-refractivity contribution is -0.128. The summed E-state index contributed by atoms with van der Waals surface area (Å²) in [6.45, 7) is 17.2. The van der Waals surface area contributed by atoms with Gasteiger partial charge < -0.3 is 20.9 Å². The van der Waals surface area contributed by atoms with Gasteiger partial charge in [-0.05, 0) is 75.3 Å². The SMILES string of the molecule is CCC(C)/C(=C\c1c(C)nc(N)nc1NC1CCN(Cc2ccc3c(cc(C#N)n3C[C@H](C)N3CCNCC3)c2C)CC1)CC(F)(F)F. The van der Waals surface area contributed by atoms with Crippen molar-refractivity contribution >= 4 is 28.7 Å². The number of aromatic nitrogens is 3. The maximum atomic E-state index is 13.5. The predicted octanol–water partition coefficient (Wildman–Crippen LogP) is 6.25. The highest BCUT2D eigenvalue weighted by molar-refractivity contribution is 5.86. The zero-order valence-electron chi connectivity index (χ0n) is 28.9. The second kappa shape index (κ2) is 15.3. The van der Waals surface area contributed by atoms with Gasteiger partial charge in [0.15, 0.2) is 0 Å². The van der Waals surface area contributed by atoms with Gasteiger partial charge in [-0.15, -0.1) is 0 Å². The highest BCUT2D eigenvalue weighted by Gasteiger charge is 2.31. The Morgan fingerprint density at radius 3 is 2.50 bits per heavy atom. The molecule has 0 amide bonds. The smallest absolute Gasteiger partial charge is 0.368 e. The standard InChI is InChI=1S/C36H50F3N9/c1-6-23(2)28(19-36(37,38)39)17-32-26(5)43-35(41)45-34(32)44-29-9-13-46(14-10-29)22-27-7-8-33-31(25(27)4)18-30(20-40)48(33)21-24(3)47-15-11-42-12-16-47/h7-8,17-18,23-24,29,42H,6,9-16,19,21-22H2,1-5H3,(H3,41,43,44,45)/b28-17-/t23?,24-/m0/s1. The third-order valence-electron chi connectivity index (χ3n) is 10.3. The fraction of sp³-hybridized carbons (Fsp3) is 0.583. The van der Waals surface area contributed by atoms with Gasteiger partial charge in [-0.2, -0.15) is 23.4 Å². The summed E-state index contributed by atoms with van der Waals surface area (Å²) in [7, 11) is 0. The number of nitrogen functional groups attached to an aromatic ring is 1. The number of halogens is 3. The molecular weight excluding hydrogens is 615 g/mol. The zero-order chi connectivity index (χ0) is 34.6. The maximum absolute atomic E-state index is 13.5. The van der Waals surface area contributed by atoms with Gasteiger partial charge in [0, 0.05) is 80.9 Å². The van der Waals surface area contributed by atoms with E-state index in [2.05, 4.69) is 67.0 Å². The predicted molar refractivity (Wildman–Crippen MR) is 187 cm³/mol. The number of nitrogens with one attached hydrogen (secondary N) is 2. The minimum absolute atomic E-state index is 0.100. The van der Waals surface area contributed by atoms with Crippen LogP contribution >= 0.6 is 0 Å². The first-order valence-corrected chi connectivity index (χ1v) is 17.2. The molecule has 0 spiro atoms. The number of nitrogens with two attached hydrogens (primary N) is 1. The van der Waals surface area contributed by atoms with E-state index in [1.165, 1.54) is 11.1 Å². The molecule has 3 aromatic rings. The van der Waals surface area contributed by atoms with E-state index in [0.29, 0.717) is 40.8 Å². The number of piperidine rings is 1. The number of nitrogens with zero attached hydrogens (tertiary/aromatic N) is 6. The molecule has 2 saturated heterocycles. The lowest BCUT2D eigenvalue weighted by Gasteiger charge is -2.33. The van der Waals surface area contributed by atoms with Crippen LogP contribution in [-0.2, 0) is 13.1 Å². The quantitative estimate of drug-likeness (QED) is 0.220. The molecule has 2 aliphatic rings. The van der Waals surface area contributed by atoms with Crippen LogP contribution in [0.1, 0.15) is 74.5 Å². The molecule has 0 saturated carbocycles. The topological polar surface area (TPSA) is 111 Å². The number of fused-ring (bicyclic) bond motifs is 1. The molecule has 1 aromatic carbocycles. The van der Waals surface area contributed by atoms with Crippen molar-refractivity contribution in [1.82, 2.24) is 29.7 Å². The van der Waals surface area contributed by atoms with Crippen LogP contribution in [0.5, 0.6) is 0 Å². The van der Waals surface area contributed by atoms with Crippen molar-refractivity contribution in [2.24, 2.45) is 5.92 Å². The van der Waals surface area contributed by atoms with Crippen molar-refractivity contribution in [2.45, 2.75) is 91.7 Å². The van der Waals surface area contributed by atoms with Crippen LogP contribution in [0.25, 0.3) is 17.0 Å². The Morgan fingerprint density at radius 2 is 1.85 bits per heavy atom. The number of anilines is 2. The number of nitriles is 1. The summed E-state index contributed by atoms with van der Waals surface area (Å²) in [5.41, 5.74) is 11.7. The second-order valence-corrected chi connectivity index (χ2v) is 13.6. The van der Waals surface area contributed by atoms with E-state index >= 15 is 0 Å². The zero-order valence-corrected chi connectivity index (χ0v) is 28.9. The fourth-order valence-electron chi connectivity index (χ4n) is 7.09. The van der Waals surface area contributed by atoms with Crippen LogP contribution < -0.4 is 16.4 Å².